The number of rotatable bonds is 14. The zero-order valence-corrected chi connectivity index (χ0v) is 35.9. The van der Waals surface area contributed by atoms with Crippen LogP contribution in [0.4, 0.5) is 0 Å². The number of amidine groups is 1. The summed E-state index contributed by atoms with van der Waals surface area (Å²) in [6.45, 7) is 7.01. The fourth-order valence-electron chi connectivity index (χ4n) is 9.97. The third-order valence-corrected chi connectivity index (χ3v) is 13.5. The summed E-state index contributed by atoms with van der Waals surface area (Å²) in [5.41, 5.74) is 21.8. The molecule has 0 saturated carbocycles. The molecule has 5 atom stereocenters. The Labute approximate surface area is 361 Å². The highest BCUT2D eigenvalue weighted by Crippen LogP contribution is 2.39. The number of hydrogen-bond acceptors (Lipinski definition) is 2. The Kier molecular flexibility index (Phi) is 13.9. The summed E-state index contributed by atoms with van der Waals surface area (Å²) in [5, 5.41) is 3.96. The monoisotopic (exact) mass is 792 g/mol. The average Bonchev–Trinajstić information content (AvgIpc) is 3.31. The topological polar surface area (TPSA) is 50.4 Å². The third kappa shape index (κ3) is 10.3. The molecule has 0 aromatic rings. The van der Waals surface area contributed by atoms with Crippen molar-refractivity contribution < 1.29 is 0 Å². The first-order valence-corrected chi connectivity index (χ1v) is 23.0. The highest BCUT2D eigenvalue weighted by molar-refractivity contribution is 5.85. The molecule has 0 aromatic heterocycles. The van der Waals surface area contributed by atoms with E-state index in [1.165, 1.54) is 62.4 Å². The van der Waals surface area contributed by atoms with Crippen LogP contribution in [0.1, 0.15) is 96.8 Å². The maximum absolute atomic E-state index is 6.71. The lowest BCUT2D eigenvalue weighted by atomic mass is 9.79. The molecule has 4 unspecified atom stereocenters. The van der Waals surface area contributed by atoms with Gasteiger partial charge in [-0.15, -0.1) is 0 Å². The summed E-state index contributed by atoms with van der Waals surface area (Å²) in [7, 11) is 0. The minimum atomic E-state index is -0.0920. The Morgan fingerprint density at radius 1 is 0.800 bits per heavy atom. The molecular formula is C57H65N3. The smallest absolute Gasteiger partial charge is 0.102 e. The Morgan fingerprint density at radius 2 is 1.57 bits per heavy atom. The van der Waals surface area contributed by atoms with Gasteiger partial charge in [0.1, 0.15) is 5.84 Å². The van der Waals surface area contributed by atoms with Gasteiger partial charge in [-0.2, -0.15) is 0 Å². The summed E-state index contributed by atoms with van der Waals surface area (Å²) >= 11 is 0. The summed E-state index contributed by atoms with van der Waals surface area (Å²) in [6.07, 6.45) is 69.9. The molecule has 3 N–H and O–H groups in total. The molecule has 60 heavy (non-hydrogen) atoms. The van der Waals surface area contributed by atoms with E-state index in [4.69, 9.17) is 17.3 Å². The molecule has 0 amide bonds. The van der Waals surface area contributed by atoms with Crippen molar-refractivity contribution in [2.75, 3.05) is 0 Å². The predicted molar refractivity (Wildman–Crippen MR) is 257 cm³/mol. The fraction of sp³-hybridized carbons (Fsp3) is 0.351. The predicted octanol–water partition coefficient (Wildman–Crippen LogP) is 14.0. The van der Waals surface area contributed by atoms with Crippen LogP contribution in [0.25, 0.3) is 0 Å². The molecule has 3 nitrogen and oxygen atoms in total. The van der Waals surface area contributed by atoms with Crippen LogP contribution in [-0.4, -0.2) is 11.9 Å². The maximum atomic E-state index is 6.71. The molecule has 8 aliphatic carbocycles. The van der Waals surface area contributed by atoms with Crippen LogP contribution in [-0.2, 0) is 0 Å². The molecule has 0 fully saturated rings. The van der Waals surface area contributed by atoms with Gasteiger partial charge in [0.25, 0.3) is 0 Å². The van der Waals surface area contributed by atoms with Crippen molar-refractivity contribution in [2.24, 2.45) is 34.4 Å². The van der Waals surface area contributed by atoms with Gasteiger partial charge >= 0.3 is 0 Å². The molecular weight excluding hydrogens is 727 g/mol. The van der Waals surface area contributed by atoms with Gasteiger partial charge in [-0.1, -0.05) is 171 Å². The Bertz CT molecular complexity index is 2240. The summed E-state index contributed by atoms with van der Waals surface area (Å²) in [5.74, 6) is 2.40. The molecule has 0 heterocycles. The van der Waals surface area contributed by atoms with Gasteiger partial charge in [-0.3, -0.25) is 4.99 Å². The molecule has 0 spiro atoms. The molecule has 0 aliphatic heterocycles. The lowest BCUT2D eigenvalue weighted by Gasteiger charge is -2.28. The second-order valence-corrected chi connectivity index (χ2v) is 17.6. The zero-order chi connectivity index (χ0) is 41.1. The van der Waals surface area contributed by atoms with E-state index in [9.17, 15) is 0 Å². The van der Waals surface area contributed by atoms with Crippen molar-refractivity contribution in [3.63, 3.8) is 0 Å². The van der Waals surface area contributed by atoms with E-state index in [0.717, 1.165) is 94.9 Å². The normalized spacial score (nSPS) is 27.1. The van der Waals surface area contributed by atoms with E-state index < -0.39 is 0 Å². The van der Waals surface area contributed by atoms with Crippen LogP contribution in [0, 0.1) is 23.7 Å². The number of aliphatic imine (C=N–C) groups is 1. The number of allylic oxidation sites excluding steroid dienone is 31. The highest BCUT2D eigenvalue weighted by Gasteiger charge is 2.26. The molecule has 8 aliphatic rings. The molecule has 0 bridgehead atoms. The van der Waals surface area contributed by atoms with Gasteiger partial charge in [-0.05, 0) is 129 Å². The average molecular weight is 792 g/mol. The number of nitrogens with one attached hydrogen (secondary N) is 1. The second-order valence-electron chi connectivity index (χ2n) is 17.6. The first kappa shape index (κ1) is 41.3. The van der Waals surface area contributed by atoms with E-state index >= 15 is 0 Å². The van der Waals surface area contributed by atoms with Gasteiger partial charge in [0.05, 0.1) is 6.04 Å². The lowest BCUT2D eigenvalue weighted by Crippen LogP contribution is -2.26. The van der Waals surface area contributed by atoms with Crippen LogP contribution < -0.4 is 11.1 Å². The van der Waals surface area contributed by atoms with E-state index in [-0.39, 0.29) is 12.0 Å². The largest absolute Gasteiger partial charge is 0.387 e. The van der Waals surface area contributed by atoms with Gasteiger partial charge in [0.2, 0.25) is 0 Å². The van der Waals surface area contributed by atoms with E-state index in [1.807, 2.05) is 0 Å². The fourth-order valence-corrected chi connectivity index (χ4v) is 9.97. The zero-order valence-electron chi connectivity index (χ0n) is 35.9. The molecule has 0 radical (unpaired) electrons. The van der Waals surface area contributed by atoms with Crippen molar-refractivity contribution in [2.45, 2.75) is 103 Å². The molecule has 0 saturated heterocycles. The number of nitrogens with two attached hydrogens (primary N) is 1. The standard InChI is InChI=1S/C57H65N3/c1-3-16-49(43-17-7-4-8-18-43)39-41(2)54-40-50(44-19-9-5-10-20-44)34-38-56(54)59-51-35-32-46(33-36-51)45-30-27-42(28-31-45)29-37-55(60-57(58)48-22-11-6-12-23-48)53-26-15-24-47-21-13-14-25-52(47)53/h4-12,14-15,17,19,22,25-27,29-30,32,35,37,39-40,43-44,47-48,55,59H,2-3,13,16,18,20-21,23-24,28,31,33-34,36,38H2,1H3,(H2,58,60)/b37-29+,49-39+/t43-,44?,47?,48?,55?/m1/s1. The Morgan fingerprint density at radius 3 is 2.27 bits per heavy atom. The van der Waals surface area contributed by atoms with Crippen LogP contribution in [0.5, 0.6) is 0 Å². The SMILES string of the molecule is C=C(/C=C(\CCC)[C@@H]1C=CC=CC1)C1=C(NC2=CC=C(C3=CC=C(/C=C/C(N=C(N)C4C=CC=CC4)C4=C5C=CCCC5CC=C4)CC3)CC2)CCC(C2C=CC=CC2)=C1. The van der Waals surface area contributed by atoms with Crippen molar-refractivity contribution in [1.29, 1.82) is 0 Å². The minimum absolute atomic E-state index is 0.0920. The molecule has 308 valence electrons. The van der Waals surface area contributed by atoms with E-state index in [1.54, 1.807) is 0 Å². The van der Waals surface area contributed by atoms with Gasteiger partial charge in [0.15, 0.2) is 0 Å². The molecule has 8 rings (SSSR count). The summed E-state index contributed by atoms with van der Waals surface area (Å²) in [6, 6.07) is -0.0920. The first-order chi connectivity index (χ1) is 29.5. The first-order valence-electron chi connectivity index (χ1n) is 23.0. The third-order valence-electron chi connectivity index (χ3n) is 13.5. The summed E-state index contributed by atoms with van der Waals surface area (Å²) < 4.78 is 0. The van der Waals surface area contributed by atoms with Crippen molar-refractivity contribution in [3.8, 4) is 0 Å². The number of fused-ring (bicyclic) bond motifs is 1. The minimum Gasteiger partial charge on any atom is -0.387 e. The quantitative estimate of drug-likeness (QED) is 0.105. The van der Waals surface area contributed by atoms with E-state index in [0.29, 0.717) is 17.8 Å². The van der Waals surface area contributed by atoms with Crippen molar-refractivity contribution in [3.05, 3.63) is 214 Å². The number of hydrogen-bond donors (Lipinski definition) is 2. The Balaban J connectivity index is 0.997. The highest BCUT2D eigenvalue weighted by atomic mass is 14.9. The van der Waals surface area contributed by atoms with Crippen molar-refractivity contribution >= 4 is 5.84 Å². The van der Waals surface area contributed by atoms with Gasteiger partial charge in [-0.25, -0.2) is 0 Å². The van der Waals surface area contributed by atoms with Crippen LogP contribution in [0.3, 0.4) is 0 Å². The van der Waals surface area contributed by atoms with Crippen LogP contribution >= 0.6 is 0 Å². The number of nitrogens with zero attached hydrogens (tertiary/aromatic N) is 1. The molecule has 3 heteroatoms. The van der Waals surface area contributed by atoms with Crippen molar-refractivity contribution in [1.82, 2.24) is 5.32 Å². The second kappa shape index (κ2) is 20.2. The molecule has 0 aromatic carbocycles. The Hall–Kier alpha value is -5.41. The van der Waals surface area contributed by atoms with Crippen LogP contribution in [0.15, 0.2) is 219 Å². The van der Waals surface area contributed by atoms with E-state index in [2.05, 4.69) is 158 Å². The maximum Gasteiger partial charge on any atom is 0.102 e. The van der Waals surface area contributed by atoms with Gasteiger partial charge in [0, 0.05) is 34.7 Å². The lowest BCUT2D eigenvalue weighted by molar-refractivity contribution is 0.556. The van der Waals surface area contributed by atoms with Crippen LogP contribution in [0.2, 0.25) is 0 Å². The summed E-state index contributed by atoms with van der Waals surface area (Å²) in [4.78, 5) is 5.21. The van der Waals surface area contributed by atoms with Gasteiger partial charge < -0.3 is 11.1 Å².